The van der Waals surface area contributed by atoms with Crippen molar-refractivity contribution in [3.63, 3.8) is 0 Å². The highest BCUT2D eigenvalue weighted by Gasteiger charge is 2.25. The molecule has 4 aromatic rings. The second-order valence-corrected chi connectivity index (χ2v) is 6.97. The Morgan fingerprint density at radius 1 is 1.19 bits per heavy atom. The van der Waals surface area contributed by atoms with Crippen LogP contribution in [-0.4, -0.2) is 21.4 Å². The highest BCUT2D eigenvalue weighted by Crippen LogP contribution is 2.31. The predicted octanol–water partition coefficient (Wildman–Crippen LogP) is 4.01. The van der Waals surface area contributed by atoms with Crippen molar-refractivity contribution in [3.8, 4) is 0 Å². The highest BCUT2D eigenvalue weighted by molar-refractivity contribution is 7.98. The van der Waals surface area contributed by atoms with Gasteiger partial charge in [0.15, 0.2) is 0 Å². The number of nitrogens with zero attached hydrogens (tertiary/aromatic N) is 2. The van der Waals surface area contributed by atoms with E-state index in [2.05, 4.69) is 4.98 Å². The van der Waals surface area contributed by atoms with Crippen molar-refractivity contribution >= 4 is 34.4 Å². The van der Waals surface area contributed by atoms with Gasteiger partial charge in [0, 0.05) is 11.8 Å². The maximum atomic E-state index is 13.0. The lowest BCUT2D eigenvalue weighted by Crippen LogP contribution is -2.17. The molecule has 0 bridgehead atoms. The molecule has 0 aliphatic rings. The molecule has 130 valence electrons. The number of benzene rings is 1. The van der Waals surface area contributed by atoms with E-state index in [1.807, 2.05) is 42.8 Å². The molecule has 4 rings (SSSR count). The molecule has 0 aliphatic heterocycles. The average Bonchev–Trinajstić information content (AvgIpc) is 2.99. The fourth-order valence-corrected chi connectivity index (χ4v) is 3.98. The van der Waals surface area contributed by atoms with Gasteiger partial charge in [0.05, 0.1) is 4.90 Å². The smallest absolute Gasteiger partial charge is 0.350 e. The van der Waals surface area contributed by atoms with Crippen LogP contribution in [0.5, 0.6) is 0 Å². The van der Waals surface area contributed by atoms with E-state index in [1.54, 1.807) is 24.3 Å². The van der Waals surface area contributed by atoms with Crippen LogP contribution in [0.1, 0.15) is 27.0 Å². The Morgan fingerprint density at radius 3 is 2.62 bits per heavy atom. The predicted molar refractivity (Wildman–Crippen MR) is 102 cm³/mol. The zero-order valence-corrected chi connectivity index (χ0v) is 15.4. The zero-order chi connectivity index (χ0) is 18.4. The van der Waals surface area contributed by atoms with Crippen LogP contribution in [-0.2, 0) is 0 Å². The molecule has 3 heterocycles. The van der Waals surface area contributed by atoms with Crippen molar-refractivity contribution in [1.29, 1.82) is 0 Å². The molecule has 0 amide bonds. The van der Waals surface area contributed by atoms with Gasteiger partial charge in [-0.3, -0.25) is 9.20 Å². The molecule has 0 spiro atoms. The average molecular weight is 364 g/mol. The van der Waals surface area contributed by atoms with Gasteiger partial charge in [0.1, 0.15) is 16.7 Å². The molecule has 0 N–H and O–H groups in total. The van der Waals surface area contributed by atoms with E-state index in [4.69, 9.17) is 4.42 Å². The molecule has 1 aromatic carbocycles. The number of fused-ring (bicyclic) bond motifs is 3. The first-order valence-corrected chi connectivity index (χ1v) is 9.33. The molecule has 0 saturated heterocycles. The summed E-state index contributed by atoms with van der Waals surface area (Å²) >= 11 is 1.35. The molecule has 5 nitrogen and oxygen atoms in total. The topological polar surface area (TPSA) is 64.6 Å². The number of aromatic nitrogens is 2. The summed E-state index contributed by atoms with van der Waals surface area (Å²) in [5, 5.41) is 0. The van der Waals surface area contributed by atoms with Crippen molar-refractivity contribution in [2.24, 2.45) is 0 Å². The normalized spacial score (nSPS) is 11.3. The van der Waals surface area contributed by atoms with Crippen molar-refractivity contribution in [2.45, 2.75) is 18.7 Å². The first kappa shape index (κ1) is 16.6. The maximum Gasteiger partial charge on any atom is 0.350 e. The van der Waals surface area contributed by atoms with Crippen LogP contribution < -0.4 is 5.63 Å². The van der Waals surface area contributed by atoms with Crippen LogP contribution >= 0.6 is 11.8 Å². The number of carbonyl (C=O) groups is 1. The zero-order valence-electron chi connectivity index (χ0n) is 14.6. The summed E-state index contributed by atoms with van der Waals surface area (Å²) in [6.45, 7) is 3.95. The van der Waals surface area contributed by atoms with Gasteiger partial charge in [-0.05, 0) is 31.2 Å². The molecule has 0 atom stereocenters. The number of hydrogen-bond acceptors (Lipinski definition) is 5. The molecule has 6 heteroatoms. The summed E-state index contributed by atoms with van der Waals surface area (Å²) in [6, 6.07) is 10.8. The number of rotatable bonds is 3. The second-order valence-electron chi connectivity index (χ2n) is 6.15. The monoisotopic (exact) mass is 364 g/mol. The maximum absolute atomic E-state index is 13.0. The minimum atomic E-state index is -0.659. The van der Waals surface area contributed by atoms with Crippen LogP contribution in [0.15, 0.2) is 56.7 Å². The van der Waals surface area contributed by atoms with Crippen LogP contribution in [0.25, 0.3) is 16.9 Å². The van der Waals surface area contributed by atoms with Crippen LogP contribution in [0, 0.1) is 13.8 Å². The minimum Gasteiger partial charge on any atom is -0.401 e. The Hall–Kier alpha value is -2.86. The third-order valence-corrected chi connectivity index (χ3v) is 5.12. The number of hydrogen-bond donors (Lipinski definition) is 0. The lowest BCUT2D eigenvalue weighted by atomic mass is 10.1. The van der Waals surface area contributed by atoms with E-state index >= 15 is 0 Å². The number of pyridine rings is 1. The van der Waals surface area contributed by atoms with E-state index in [0.29, 0.717) is 21.6 Å². The van der Waals surface area contributed by atoms with Gasteiger partial charge < -0.3 is 4.42 Å². The standard InChI is InChI=1S/C20H16N2O3S/c1-11-9-12(2)18-21-19-15(22(18)10-11)17(26-3)14(20(24)25-19)16(23)13-7-5-4-6-8-13/h4-10H,1-3H3. The summed E-state index contributed by atoms with van der Waals surface area (Å²) in [7, 11) is 0. The number of thioether (sulfide) groups is 1. The molecule has 3 aromatic heterocycles. The number of carbonyl (C=O) groups excluding carboxylic acids is 1. The third-order valence-electron chi connectivity index (χ3n) is 4.31. The van der Waals surface area contributed by atoms with E-state index in [1.165, 1.54) is 11.8 Å². The van der Waals surface area contributed by atoms with Crippen LogP contribution in [0.4, 0.5) is 0 Å². The van der Waals surface area contributed by atoms with Gasteiger partial charge in [-0.2, -0.15) is 4.98 Å². The van der Waals surface area contributed by atoms with Crippen molar-refractivity contribution in [2.75, 3.05) is 6.26 Å². The molecule has 26 heavy (non-hydrogen) atoms. The summed E-state index contributed by atoms with van der Waals surface area (Å²) in [6.07, 6.45) is 3.78. The van der Waals surface area contributed by atoms with Crippen LogP contribution in [0.3, 0.4) is 0 Å². The fourth-order valence-electron chi connectivity index (χ4n) is 3.22. The second kappa shape index (κ2) is 6.14. The van der Waals surface area contributed by atoms with Crippen LogP contribution in [0.2, 0.25) is 0 Å². The molecular formula is C20H16N2O3S. The molecule has 0 radical (unpaired) electrons. The van der Waals surface area contributed by atoms with Gasteiger partial charge in [-0.25, -0.2) is 4.79 Å². The Kier molecular flexibility index (Phi) is 3.92. The van der Waals surface area contributed by atoms with Gasteiger partial charge in [0.25, 0.3) is 5.71 Å². The largest absolute Gasteiger partial charge is 0.401 e. The highest BCUT2D eigenvalue weighted by atomic mass is 32.2. The minimum absolute atomic E-state index is 0.0529. The molecule has 0 aliphatic carbocycles. The first-order valence-electron chi connectivity index (χ1n) is 8.11. The Balaban J connectivity index is 2.12. The van der Waals surface area contributed by atoms with Gasteiger partial charge in [0.2, 0.25) is 5.78 Å². The van der Waals surface area contributed by atoms with Crippen molar-refractivity contribution in [1.82, 2.24) is 9.38 Å². The Labute approximate surface area is 153 Å². The molecule has 0 fully saturated rings. The summed E-state index contributed by atoms with van der Waals surface area (Å²) in [4.78, 5) is 30.6. The van der Waals surface area contributed by atoms with Crippen molar-refractivity contribution in [3.05, 3.63) is 75.3 Å². The lowest BCUT2D eigenvalue weighted by Gasteiger charge is -2.08. The number of aryl methyl sites for hydroxylation is 2. The first-order chi connectivity index (χ1) is 12.5. The number of imidazole rings is 1. The van der Waals surface area contributed by atoms with E-state index in [-0.39, 0.29) is 17.1 Å². The van der Waals surface area contributed by atoms with Gasteiger partial charge in [-0.1, -0.05) is 36.4 Å². The fraction of sp³-hybridized carbons (Fsp3) is 0.150. The SMILES string of the molecule is CSc1c(C(=O)c2ccccc2)c(=O)oc2nc3c(C)cc(C)cn3c12. The molecular weight excluding hydrogens is 348 g/mol. The molecule has 0 saturated carbocycles. The third kappa shape index (κ3) is 2.45. The quantitative estimate of drug-likeness (QED) is 0.406. The summed E-state index contributed by atoms with van der Waals surface area (Å²) in [5.74, 6) is -0.343. The van der Waals surface area contributed by atoms with Gasteiger partial charge in [-0.15, -0.1) is 11.8 Å². The summed E-state index contributed by atoms with van der Waals surface area (Å²) in [5.41, 5.74) is 3.50. The van der Waals surface area contributed by atoms with Gasteiger partial charge >= 0.3 is 5.63 Å². The van der Waals surface area contributed by atoms with E-state index in [9.17, 15) is 9.59 Å². The number of ketones is 1. The Morgan fingerprint density at radius 2 is 1.92 bits per heavy atom. The van der Waals surface area contributed by atoms with Crippen molar-refractivity contribution < 1.29 is 9.21 Å². The van der Waals surface area contributed by atoms with E-state index < -0.39 is 5.63 Å². The van der Waals surface area contributed by atoms with E-state index in [0.717, 1.165) is 11.1 Å². The lowest BCUT2D eigenvalue weighted by molar-refractivity contribution is 0.103. The summed E-state index contributed by atoms with van der Waals surface area (Å²) < 4.78 is 7.34. The Bertz CT molecular complexity index is 1220. The molecule has 0 unspecified atom stereocenters.